The van der Waals surface area contributed by atoms with Gasteiger partial charge in [-0.25, -0.2) is 4.98 Å². The molecule has 1 aliphatic carbocycles. The number of amides is 1. The first kappa shape index (κ1) is 20.4. The van der Waals surface area contributed by atoms with Gasteiger partial charge in [-0.15, -0.1) is 24.8 Å². The number of rotatable bonds is 3. The predicted molar refractivity (Wildman–Crippen MR) is 110 cm³/mol. The number of hydrogen-bond donors (Lipinski definition) is 3. The second-order valence-corrected chi connectivity index (χ2v) is 7.71. The number of imidazole rings is 1. The van der Waals surface area contributed by atoms with Crippen LogP contribution in [0, 0.1) is 11.3 Å². The molecule has 3 N–H and O–H groups in total. The Bertz CT molecular complexity index is 813. The molecule has 1 aromatic carbocycles. The number of carbonyl (C=O) groups is 1. The Labute approximate surface area is 171 Å². The quantitative estimate of drug-likeness (QED) is 0.719. The van der Waals surface area contributed by atoms with Gasteiger partial charge < -0.3 is 20.4 Å². The van der Waals surface area contributed by atoms with Crippen LogP contribution in [0.1, 0.15) is 44.0 Å². The summed E-state index contributed by atoms with van der Waals surface area (Å²) < 4.78 is 5.70. The Morgan fingerprint density at radius 3 is 2.81 bits per heavy atom. The predicted octanol–water partition coefficient (Wildman–Crippen LogP) is 3.59. The third-order valence-electron chi connectivity index (χ3n) is 6.11. The number of hydrogen-bond acceptors (Lipinski definition) is 4. The number of piperidine rings is 1. The molecule has 27 heavy (non-hydrogen) atoms. The zero-order chi connectivity index (χ0) is 16.9. The van der Waals surface area contributed by atoms with Crippen molar-refractivity contribution in [1.29, 1.82) is 0 Å². The molecule has 0 bridgehead atoms. The molecule has 2 atom stereocenters. The number of aromatic amines is 1. The average molecular weight is 413 g/mol. The van der Waals surface area contributed by atoms with Crippen LogP contribution in [0.4, 0.5) is 5.69 Å². The minimum Gasteiger partial charge on any atom is -0.370 e. The van der Waals surface area contributed by atoms with E-state index in [1.807, 2.05) is 18.2 Å². The van der Waals surface area contributed by atoms with Gasteiger partial charge in [0, 0.05) is 18.2 Å². The van der Waals surface area contributed by atoms with Crippen LogP contribution in [-0.4, -0.2) is 35.6 Å². The van der Waals surface area contributed by atoms with Crippen molar-refractivity contribution in [2.75, 3.05) is 25.0 Å². The lowest BCUT2D eigenvalue weighted by Crippen LogP contribution is -2.31. The van der Waals surface area contributed by atoms with Gasteiger partial charge in [-0.1, -0.05) is 0 Å². The molecule has 1 amide bonds. The number of benzene rings is 1. The first-order valence-electron chi connectivity index (χ1n) is 9.36. The molecular formula is C19H26Cl2N4O2. The van der Waals surface area contributed by atoms with Crippen LogP contribution in [0.3, 0.4) is 0 Å². The number of nitrogens with zero attached hydrogens (tertiary/aromatic N) is 1. The van der Waals surface area contributed by atoms with E-state index in [0.717, 1.165) is 74.3 Å². The summed E-state index contributed by atoms with van der Waals surface area (Å²) in [4.78, 5) is 20.6. The van der Waals surface area contributed by atoms with E-state index in [-0.39, 0.29) is 48.2 Å². The fourth-order valence-electron chi connectivity index (χ4n) is 4.48. The van der Waals surface area contributed by atoms with Crippen molar-refractivity contribution in [1.82, 2.24) is 15.3 Å². The Kier molecular flexibility index (Phi) is 6.01. The molecule has 148 valence electrons. The number of anilines is 1. The molecule has 2 unspecified atom stereocenters. The van der Waals surface area contributed by atoms with E-state index in [9.17, 15) is 4.79 Å². The summed E-state index contributed by atoms with van der Waals surface area (Å²) in [5.41, 5.74) is 2.98. The first-order chi connectivity index (χ1) is 12.2. The van der Waals surface area contributed by atoms with Gasteiger partial charge in [0.15, 0.2) is 0 Å². The lowest BCUT2D eigenvalue weighted by Gasteiger charge is -2.23. The molecule has 2 aromatic rings. The number of halogens is 2. The lowest BCUT2D eigenvalue weighted by molar-refractivity contribution is -0.118. The molecule has 5 rings (SSSR count). The van der Waals surface area contributed by atoms with Gasteiger partial charge in [0.1, 0.15) is 11.9 Å². The van der Waals surface area contributed by atoms with Gasteiger partial charge >= 0.3 is 0 Å². The third kappa shape index (κ3) is 3.81. The molecule has 1 aromatic heterocycles. The molecule has 0 radical (unpaired) electrons. The summed E-state index contributed by atoms with van der Waals surface area (Å²) in [7, 11) is 0. The highest BCUT2D eigenvalue weighted by Gasteiger charge is 2.57. The van der Waals surface area contributed by atoms with Crippen molar-refractivity contribution in [3.63, 3.8) is 0 Å². The van der Waals surface area contributed by atoms with E-state index < -0.39 is 0 Å². The topological polar surface area (TPSA) is 79.0 Å². The van der Waals surface area contributed by atoms with Crippen LogP contribution < -0.4 is 10.6 Å². The van der Waals surface area contributed by atoms with E-state index in [4.69, 9.17) is 4.74 Å². The molecule has 3 heterocycles. The maximum atomic E-state index is 12.6. The largest absolute Gasteiger partial charge is 0.370 e. The number of fused-ring (bicyclic) bond motifs is 1. The second-order valence-electron chi connectivity index (χ2n) is 7.71. The van der Waals surface area contributed by atoms with Gasteiger partial charge in [-0.05, 0) is 68.8 Å². The Morgan fingerprint density at radius 2 is 2.07 bits per heavy atom. The fourth-order valence-corrected chi connectivity index (χ4v) is 4.48. The maximum absolute atomic E-state index is 12.6. The van der Waals surface area contributed by atoms with Gasteiger partial charge in [0.25, 0.3) is 0 Å². The van der Waals surface area contributed by atoms with Gasteiger partial charge in [0.2, 0.25) is 5.91 Å². The van der Waals surface area contributed by atoms with Crippen molar-refractivity contribution in [3.8, 4) is 0 Å². The van der Waals surface area contributed by atoms with Crippen molar-refractivity contribution in [2.24, 2.45) is 11.3 Å². The summed E-state index contributed by atoms with van der Waals surface area (Å²) in [6.07, 6.45) is 5.46. The SMILES string of the molecule is Cl.Cl.O=C(Nc1ccc2nc(C3CCCO3)[nH]c2c1)C1CC12CCNCC2. The van der Waals surface area contributed by atoms with E-state index in [0.29, 0.717) is 0 Å². The maximum Gasteiger partial charge on any atom is 0.228 e. The lowest BCUT2D eigenvalue weighted by atomic mass is 9.92. The second kappa shape index (κ2) is 7.95. The molecule has 2 saturated heterocycles. The molecule has 6 nitrogen and oxygen atoms in total. The Balaban J connectivity index is 0.00000105. The van der Waals surface area contributed by atoms with Crippen molar-refractivity contribution in [2.45, 2.75) is 38.2 Å². The molecule has 3 aliphatic rings. The summed E-state index contributed by atoms with van der Waals surface area (Å²) in [6, 6.07) is 5.89. The highest BCUT2D eigenvalue weighted by Crippen LogP contribution is 2.58. The van der Waals surface area contributed by atoms with Crippen molar-refractivity contribution >= 4 is 47.4 Å². The van der Waals surface area contributed by atoms with Crippen LogP contribution in [0.2, 0.25) is 0 Å². The van der Waals surface area contributed by atoms with E-state index in [2.05, 4.69) is 20.6 Å². The fraction of sp³-hybridized carbons (Fsp3) is 0.579. The van der Waals surface area contributed by atoms with Crippen LogP contribution in [0.25, 0.3) is 11.0 Å². The smallest absolute Gasteiger partial charge is 0.228 e. The first-order valence-corrected chi connectivity index (χ1v) is 9.36. The van der Waals surface area contributed by atoms with Crippen LogP contribution in [0.5, 0.6) is 0 Å². The Hall–Kier alpha value is -1.34. The van der Waals surface area contributed by atoms with Gasteiger partial charge in [-0.2, -0.15) is 0 Å². The van der Waals surface area contributed by atoms with Crippen LogP contribution in [0.15, 0.2) is 18.2 Å². The minimum absolute atomic E-state index is 0. The van der Waals surface area contributed by atoms with E-state index in [1.165, 1.54) is 0 Å². The molecule has 1 spiro atoms. The van der Waals surface area contributed by atoms with Crippen molar-refractivity contribution in [3.05, 3.63) is 24.0 Å². The number of ether oxygens (including phenoxy) is 1. The minimum atomic E-state index is 0. The zero-order valence-electron chi connectivity index (χ0n) is 15.1. The average Bonchev–Trinajstić information content (AvgIpc) is 3.02. The van der Waals surface area contributed by atoms with Gasteiger partial charge in [-0.3, -0.25) is 4.79 Å². The van der Waals surface area contributed by atoms with Crippen molar-refractivity contribution < 1.29 is 9.53 Å². The van der Waals surface area contributed by atoms with E-state index >= 15 is 0 Å². The van der Waals surface area contributed by atoms with Gasteiger partial charge in [0.05, 0.1) is 11.0 Å². The highest BCUT2D eigenvalue weighted by molar-refractivity contribution is 5.96. The molecule has 3 fully saturated rings. The normalized spacial score (nSPS) is 25.6. The number of H-pyrrole nitrogens is 1. The number of carbonyl (C=O) groups excluding carboxylic acids is 1. The summed E-state index contributed by atoms with van der Waals surface area (Å²) in [6.45, 7) is 2.88. The Morgan fingerprint density at radius 1 is 1.26 bits per heavy atom. The van der Waals surface area contributed by atoms with Crippen LogP contribution >= 0.6 is 24.8 Å². The molecule has 8 heteroatoms. The number of nitrogens with one attached hydrogen (secondary N) is 3. The highest BCUT2D eigenvalue weighted by atomic mass is 35.5. The van der Waals surface area contributed by atoms with E-state index in [1.54, 1.807) is 0 Å². The summed E-state index contributed by atoms with van der Waals surface area (Å²) in [5, 5.41) is 6.49. The summed E-state index contributed by atoms with van der Waals surface area (Å²) >= 11 is 0. The summed E-state index contributed by atoms with van der Waals surface area (Å²) in [5.74, 6) is 1.24. The standard InChI is InChI=1S/C19H24N4O2.2ClH/c24-18(13-11-19(13)5-7-20-8-6-19)21-12-3-4-14-15(10-12)23-17(22-14)16-2-1-9-25-16;;/h3-4,10,13,16,20H,1-2,5-9,11H2,(H,21,24)(H,22,23);2*1H. The van der Waals surface area contributed by atoms with Crippen LogP contribution in [-0.2, 0) is 9.53 Å². The molecular weight excluding hydrogens is 387 g/mol. The third-order valence-corrected chi connectivity index (χ3v) is 6.11. The zero-order valence-corrected chi connectivity index (χ0v) is 16.8. The monoisotopic (exact) mass is 412 g/mol. The number of aromatic nitrogens is 2. The molecule has 2 aliphatic heterocycles. The molecule has 1 saturated carbocycles.